The summed E-state index contributed by atoms with van der Waals surface area (Å²) in [7, 11) is 0. The molecule has 0 heterocycles. The van der Waals surface area contributed by atoms with Gasteiger partial charge in [-0.05, 0) is 23.3 Å². The topological polar surface area (TPSA) is 38.3 Å². The molecule has 0 radical (unpaired) electrons. The molecule has 3 aromatic carbocycles. The van der Waals surface area contributed by atoms with Crippen LogP contribution in [0.3, 0.4) is 0 Å². The molecule has 3 nitrogen and oxygen atoms in total. The highest BCUT2D eigenvalue weighted by molar-refractivity contribution is 5.77. The van der Waals surface area contributed by atoms with E-state index in [0.29, 0.717) is 6.42 Å². The van der Waals surface area contributed by atoms with Gasteiger partial charge in [-0.15, -0.1) is 0 Å². The van der Waals surface area contributed by atoms with E-state index in [1.165, 1.54) is 6.07 Å². The third-order valence-corrected chi connectivity index (χ3v) is 4.38. The Kier molecular flexibility index (Phi) is 6.73. The van der Waals surface area contributed by atoms with Gasteiger partial charge in [0.15, 0.2) is 11.6 Å². The Hall–Kier alpha value is -3.21. The minimum Gasteiger partial charge on any atom is -0.492 e. The Morgan fingerprint density at radius 2 is 1.46 bits per heavy atom. The predicted molar refractivity (Wildman–Crippen MR) is 104 cm³/mol. The molecule has 3 aromatic rings. The third kappa shape index (κ3) is 5.39. The van der Waals surface area contributed by atoms with E-state index in [9.17, 15) is 13.6 Å². The summed E-state index contributed by atoms with van der Waals surface area (Å²) < 4.78 is 31.4. The minimum atomic E-state index is -0.963. The van der Waals surface area contributed by atoms with Gasteiger partial charge in [0, 0.05) is 18.4 Å². The van der Waals surface area contributed by atoms with Gasteiger partial charge in [0.25, 0.3) is 0 Å². The molecule has 0 aliphatic heterocycles. The first-order valence-corrected chi connectivity index (χ1v) is 9.08. The zero-order valence-corrected chi connectivity index (χ0v) is 15.3. The number of carbonyl (C=O) groups is 1. The van der Waals surface area contributed by atoms with E-state index in [-0.39, 0.29) is 30.7 Å². The van der Waals surface area contributed by atoms with Crippen molar-refractivity contribution >= 4 is 5.91 Å². The molecule has 0 saturated heterocycles. The molecule has 0 aliphatic rings. The van der Waals surface area contributed by atoms with Crippen molar-refractivity contribution in [3.05, 3.63) is 102 Å². The van der Waals surface area contributed by atoms with Crippen LogP contribution in [0.25, 0.3) is 0 Å². The fourth-order valence-electron chi connectivity index (χ4n) is 2.98. The lowest BCUT2D eigenvalue weighted by Crippen LogP contribution is -2.29. The van der Waals surface area contributed by atoms with E-state index in [0.717, 1.165) is 23.3 Å². The summed E-state index contributed by atoms with van der Waals surface area (Å²) in [4.78, 5) is 12.4. The van der Waals surface area contributed by atoms with Crippen LogP contribution < -0.4 is 10.1 Å². The smallest absolute Gasteiger partial charge is 0.221 e. The van der Waals surface area contributed by atoms with Gasteiger partial charge in [-0.2, -0.15) is 0 Å². The van der Waals surface area contributed by atoms with Crippen molar-refractivity contribution in [3.63, 3.8) is 0 Å². The van der Waals surface area contributed by atoms with Crippen LogP contribution in [0, 0.1) is 11.6 Å². The van der Waals surface area contributed by atoms with E-state index < -0.39 is 11.6 Å². The van der Waals surface area contributed by atoms with E-state index in [1.807, 2.05) is 60.7 Å². The summed E-state index contributed by atoms with van der Waals surface area (Å²) in [6, 6.07) is 23.1. The van der Waals surface area contributed by atoms with Gasteiger partial charge in [0.1, 0.15) is 12.4 Å². The molecule has 1 N–H and O–H groups in total. The quantitative estimate of drug-likeness (QED) is 0.575. The van der Waals surface area contributed by atoms with Crippen molar-refractivity contribution in [3.8, 4) is 5.75 Å². The summed E-state index contributed by atoms with van der Waals surface area (Å²) in [5.41, 5.74) is 2.14. The zero-order chi connectivity index (χ0) is 19.8. The molecule has 28 heavy (non-hydrogen) atoms. The number of ether oxygens (including phenoxy) is 1. The normalized spacial score (nSPS) is 10.7. The fourth-order valence-corrected chi connectivity index (χ4v) is 2.98. The highest BCUT2D eigenvalue weighted by Gasteiger charge is 2.17. The number of carbonyl (C=O) groups excluding carboxylic acids is 1. The molecule has 0 atom stereocenters. The van der Waals surface area contributed by atoms with Crippen LogP contribution in [0.5, 0.6) is 5.75 Å². The maximum atomic E-state index is 13.2. The largest absolute Gasteiger partial charge is 0.492 e. The van der Waals surface area contributed by atoms with E-state index in [4.69, 9.17) is 4.74 Å². The molecule has 0 spiro atoms. The second-order valence-electron chi connectivity index (χ2n) is 6.35. The Balaban J connectivity index is 1.54. The van der Waals surface area contributed by atoms with Crippen LogP contribution in [0.4, 0.5) is 8.78 Å². The Morgan fingerprint density at radius 3 is 2.04 bits per heavy atom. The maximum Gasteiger partial charge on any atom is 0.221 e. The number of hydrogen-bond donors (Lipinski definition) is 1. The molecule has 1 amide bonds. The summed E-state index contributed by atoms with van der Waals surface area (Å²) in [6.45, 7) is 0.437. The van der Waals surface area contributed by atoms with Gasteiger partial charge in [-0.1, -0.05) is 60.7 Å². The molecule has 0 fully saturated rings. The Bertz CT molecular complexity index is 861. The second kappa shape index (κ2) is 9.65. The molecule has 0 bridgehead atoms. The first-order valence-electron chi connectivity index (χ1n) is 9.08. The van der Waals surface area contributed by atoms with Crippen LogP contribution in [0.15, 0.2) is 78.9 Å². The molecule has 0 aromatic heterocycles. The van der Waals surface area contributed by atoms with Crippen molar-refractivity contribution in [2.75, 3.05) is 13.2 Å². The van der Waals surface area contributed by atoms with Crippen molar-refractivity contribution in [1.82, 2.24) is 5.32 Å². The number of rotatable bonds is 8. The van der Waals surface area contributed by atoms with Gasteiger partial charge in [-0.25, -0.2) is 8.78 Å². The Labute approximate surface area is 163 Å². The molecule has 0 aliphatic carbocycles. The lowest BCUT2D eigenvalue weighted by atomic mass is 9.88. The van der Waals surface area contributed by atoms with Crippen molar-refractivity contribution in [2.45, 2.75) is 12.3 Å². The first-order chi connectivity index (χ1) is 13.6. The van der Waals surface area contributed by atoms with Crippen LogP contribution in [-0.2, 0) is 4.79 Å². The summed E-state index contributed by atoms with van der Waals surface area (Å²) in [6.07, 6.45) is 0.305. The average molecular weight is 381 g/mol. The Morgan fingerprint density at radius 1 is 0.857 bits per heavy atom. The number of hydrogen-bond acceptors (Lipinski definition) is 2. The molecule has 0 saturated carbocycles. The molecule has 144 valence electrons. The maximum absolute atomic E-state index is 13.2. The van der Waals surface area contributed by atoms with Crippen LogP contribution in [0.1, 0.15) is 23.5 Å². The lowest BCUT2D eigenvalue weighted by Gasteiger charge is -2.18. The van der Waals surface area contributed by atoms with Gasteiger partial charge in [0.2, 0.25) is 5.91 Å². The number of halogens is 2. The predicted octanol–water partition coefficient (Wildman–Crippen LogP) is 4.68. The zero-order valence-electron chi connectivity index (χ0n) is 15.3. The third-order valence-electron chi connectivity index (χ3n) is 4.38. The van der Waals surface area contributed by atoms with Gasteiger partial charge in [0.05, 0.1) is 6.54 Å². The van der Waals surface area contributed by atoms with E-state index >= 15 is 0 Å². The summed E-state index contributed by atoms with van der Waals surface area (Å²) in [5.74, 6) is -1.82. The molecule has 3 rings (SSSR count). The molecule has 5 heteroatoms. The number of nitrogens with one attached hydrogen (secondary N) is 1. The van der Waals surface area contributed by atoms with Crippen molar-refractivity contribution in [1.29, 1.82) is 0 Å². The first kappa shape index (κ1) is 19.5. The summed E-state index contributed by atoms with van der Waals surface area (Å²) >= 11 is 0. The monoisotopic (exact) mass is 381 g/mol. The SMILES string of the molecule is O=C(CC(c1ccccc1)c1ccccc1)NCCOc1ccc(F)c(F)c1. The standard InChI is InChI=1S/C23H21F2NO2/c24-21-12-11-19(15-22(21)25)28-14-13-26-23(27)16-20(17-7-3-1-4-8-17)18-9-5-2-6-10-18/h1-12,15,20H,13-14,16H2,(H,26,27). The minimum absolute atomic E-state index is 0.0467. The van der Waals surface area contributed by atoms with Crippen LogP contribution in [-0.4, -0.2) is 19.1 Å². The van der Waals surface area contributed by atoms with Gasteiger partial charge < -0.3 is 10.1 Å². The van der Waals surface area contributed by atoms with Gasteiger partial charge in [-0.3, -0.25) is 4.79 Å². The van der Waals surface area contributed by atoms with E-state index in [2.05, 4.69) is 5.32 Å². The fraction of sp³-hybridized carbons (Fsp3) is 0.174. The summed E-state index contributed by atoms with van der Waals surface area (Å²) in [5, 5.41) is 2.82. The van der Waals surface area contributed by atoms with Gasteiger partial charge >= 0.3 is 0 Å². The molecular weight excluding hydrogens is 360 g/mol. The number of benzene rings is 3. The number of amides is 1. The van der Waals surface area contributed by atoms with Crippen molar-refractivity contribution in [2.24, 2.45) is 0 Å². The molecule has 0 unspecified atom stereocenters. The van der Waals surface area contributed by atoms with Crippen LogP contribution in [0.2, 0.25) is 0 Å². The van der Waals surface area contributed by atoms with E-state index in [1.54, 1.807) is 0 Å². The average Bonchev–Trinajstić information content (AvgIpc) is 2.73. The highest BCUT2D eigenvalue weighted by Crippen LogP contribution is 2.27. The van der Waals surface area contributed by atoms with Crippen LogP contribution >= 0.6 is 0 Å². The second-order valence-corrected chi connectivity index (χ2v) is 6.35. The molecular formula is C23H21F2NO2. The highest BCUT2D eigenvalue weighted by atomic mass is 19.2. The van der Waals surface area contributed by atoms with Crippen molar-refractivity contribution < 1.29 is 18.3 Å². The lowest BCUT2D eigenvalue weighted by molar-refractivity contribution is -0.121.